The van der Waals surface area contributed by atoms with Gasteiger partial charge in [0.1, 0.15) is 32.9 Å². The molecule has 1 saturated heterocycles. The highest BCUT2D eigenvalue weighted by atomic mass is 35.5. The molecule has 5 nitrogen and oxygen atoms in total. The summed E-state index contributed by atoms with van der Waals surface area (Å²) >= 11 is 12.0. The Morgan fingerprint density at radius 3 is 2.30 bits per heavy atom. The molecule has 1 aliphatic rings. The van der Waals surface area contributed by atoms with Crippen LogP contribution in [0.15, 0.2) is 24.4 Å². The summed E-state index contributed by atoms with van der Waals surface area (Å²) in [4.78, 5) is 29.7. The number of hydrogen-bond acceptors (Lipinski definition) is 5. The smallest absolute Gasteiger partial charge is 0.235 e. The fraction of sp³-hybridized carbons (Fsp3) is 0.409. The van der Waals surface area contributed by atoms with Gasteiger partial charge >= 0.3 is 0 Å². The molecule has 0 N–H and O–H groups in total. The SMILES string of the molecule is CCc1ccc(Oc2c(Cl)cnc(F)c2Cl)cc1C1C(=O)C(C)(C)OC(C)(C)C1=O. The van der Waals surface area contributed by atoms with E-state index in [1.165, 1.54) is 0 Å². The maximum atomic E-state index is 13.7. The summed E-state index contributed by atoms with van der Waals surface area (Å²) < 4.78 is 25.2. The standard InChI is InChI=1S/C22H22Cl2FNO4/c1-6-11-7-8-12(29-17-14(23)10-26-20(25)16(17)24)9-13(11)15-18(27)21(2,3)30-22(4,5)19(15)28/h7-10,15H,6H2,1-5H3. The Hall–Kier alpha value is -2.02. The zero-order valence-electron chi connectivity index (χ0n) is 17.3. The lowest BCUT2D eigenvalue weighted by molar-refractivity contribution is -0.184. The molecule has 30 heavy (non-hydrogen) atoms. The van der Waals surface area contributed by atoms with Crippen LogP contribution in [-0.2, 0) is 20.7 Å². The molecule has 1 fully saturated rings. The van der Waals surface area contributed by atoms with Crippen molar-refractivity contribution in [3.8, 4) is 11.5 Å². The van der Waals surface area contributed by atoms with Crippen molar-refractivity contribution >= 4 is 34.8 Å². The third kappa shape index (κ3) is 3.96. The first kappa shape index (κ1) is 22.7. The van der Waals surface area contributed by atoms with Crippen molar-refractivity contribution in [3.63, 3.8) is 0 Å². The van der Waals surface area contributed by atoms with E-state index in [2.05, 4.69) is 4.98 Å². The number of aromatic nitrogens is 1. The predicted molar refractivity (Wildman–Crippen MR) is 112 cm³/mol. The Kier molecular flexibility index (Phi) is 5.98. The van der Waals surface area contributed by atoms with Crippen LogP contribution in [0.2, 0.25) is 10.0 Å². The molecular formula is C22H22Cl2FNO4. The van der Waals surface area contributed by atoms with Crippen LogP contribution >= 0.6 is 23.2 Å². The van der Waals surface area contributed by atoms with Crippen LogP contribution in [0.5, 0.6) is 11.5 Å². The molecule has 0 bridgehead atoms. The highest BCUT2D eigenvalue weighted by molar-refractivity contribution is 6.37. The van der Waals surface area contributed by atoms with E-state index in [4.69, 9.17) is 32.7 Å². The molecule has 0 spiro atoms. The number of halogens is 3. The third-order valence-electron chi connectivity index (χ3n) is 5.14. The molecule has 1 aromatic heterocycles. The normalized spacial score (nSPS) is 18.5. The van der Waals surface area contributed by atoms with Gasteiger partial charge in [0.2, 0.25) is 5.95 Å². The molecule has 3 rings (SSSR count). The van der Waals surface area contributed by atoms with E-state index in [9.17, 15) is 14.0 Å². The molecule has 0 aliphatic carbocycles. The number of benzene rings is 1. The first-order valence-corrected chi connectivity index (χ1v) is 10.2. The van der Waals surface area contributed by atoms with Gasteiger partial charge in [-0.2, -0.15) is 4.39 Å². The maximum Gasteiger partial charge on any atom is 0.235 e. The van der Waals surface area contributed by atoms with Gasteiger partial charge < -0.3 is 9.47 Å². The van der Waals surface area contributed by atoms with Crippen molar-refractivity contribution in [3.05, 3.63) is 51.5 Å². The zero-order valence-corrected chi connectivity index (χ0v) is 18.8. The van der Waals surface area contributed by atoms with Crippen molar-refractivity contribution in [2.75, 3.05) is 0 Å². The van der Waals surface area contributed by atoms with Gasteiger partial charge in [0, 0.05) is 0 Å². The minimum Gasteiger partial charge on any atom is -0.454 e. The fourth-order valence-electron chi connectivity index (χ4n) is 3.70. The molecule has 0 unspecified atom stereocenters. The van der Waals surface area contributed by atoms with Crippen LogP contribution in [0.1, 0.15) is 51.7 Å². The van der Waals surface area contributed by atoms with Crippen molar-refractivity contribution in [1.82, 2.24) is 4.98 Å². The van der Waals surface area contributed by atoms with Gasteiger partial charge in [-0.15, -0.1) is 0 Å². The lowest BCUT2D eigenvalue weighted by Crippen LogP contribution is -2.58. The van der Waals surface area contributed by atoms with E-state index in [-0.39, 0.29) is 33.1 Å². The Morgan fingerprint density at radius 1 is 1.13 bits per heavy atom. The predicted octanol–water partition coefficient (Wildman–Crippen LogP) is 5.69. The monoisotopic (exact) mass is 453 g/mol. The highest BCUT2D eigenvalue weighted by Gasteiger charge is 2.53. The second kappa shape index (κ2) is 7.91. The highest BCUT2D eigenvalue weighted by Crippen LogP contribution is 2.42. The van der Waals surface area contributed by atoms with E-state index in [1.807, 2.05) is 6.92 Å². The van der Waals surface area contributed by atoms with E-state index < -0.39 is 23.1 Å². The third-order valence-corrected chi connectivity index (χ3v) is 5.74. The maximum absolute atomic E-state index is 13.7. The van der Waals surface area contributed by atoms with Crippen LogP contribution in [0.4, 0.5) is 4.39 Å². The molecule has 0 amide bonds. The summed E-state index contributed by atoms with van der Waals surface area (Å²) in [6, 6.07) is 5.01. The number of ether oxygens (including phenoxy) is 2. The summed E-state index contributed by atoms with van der Waals surface area (Å²) in [5, 5.41) is -0.327. The number of hydrogen-bond donors (Lipinski definition) is 0. The number of ketones is 2. The summed E-state index contributed by atoms with van der Waals surface area (Å²) in [5.41, 5.74) is -0.924. The Balaban J connectivity index is 2.11. The molecule has 0 radical (unpaired) electrons. The topological polar surface area (TPSA) is 65.5 Å². The summed E-state index contributed by atoms with van der Waals surface area (Å²) in [6.07, 6.45) is 1.69. The summed E-state index contributed by atoms with van der Waals surface area (Å²) in [5.74, 6) is -2.41. The Bertz CT molecular complexity index is 1010. The number of Topliss-reactive ketones (excluding diaryl/α,β-unsaturated/α-hetero) is 2. The van der Waals surface area contributed by atoms with Gasteiger partial charge in [0.05, 0.1) is 6.20 Å². The number of nitrogens with zero attached hydrogens (tertiary/aromatic N) is 1. The lowest BCUT2D eigenvalue weighted by atomic mass is 9.73. The summed E-state index contributed by atoms with van der Waals surface area (Å²) in [7, 11) is 0. The fourth-order valence-corrected chi connectivity index (χ4v) is 4.12. The van der Waals surface area contributed by atoms with Gasteiger partial charge in [-0.1, -0.05) is 36.2 Å². The molecule has 2 aromatic rings. The number of carbonyl (C=O) groups is 2. The van der Waals surface area contributed by atoms with E-state index >= 15 is 0 Å². The van der Waals surface area contributed by atoms with Crippen LogP contribution in [0.3, 0.4) is 0 Å². The van der Waals surface area contributed by atoms with Crippen LogP contribution < -0.4 is 4.74 Å². The Morgan fingerprint density at radius 2 is 1.73 bits per heavy atom. The number of aryl methyl sites for hydroxylation is 1. The van der Waals surface area contributed by atoms with E-state index in [0.29, 0.717) is 12.0 Å². The molecule has 1 aromatic carbocycles. The first-order valence-electron chi connectivity index (χ1n) is 9.48. The number of carbonyl (C=O) groups excluding carboxylic acids is 2. The summed E-state index contributed by atoms with van der Waals surface area (Å²) in [6.45, 7) is 8.54. The van der Waals surface area contributed by atoms with Gasteiger partial charge in [0.15, 0.2) is 17.3 Å². The minimum atomic E-state index is -1.13. The first-order chi connectivity index (χ1) is 13.9. The average molecular weight is 454 g/mol. The second-order valence-corrected chi connectivity index (χ2v) is 8.93. The second-order valence-electron chi connectivity index (χ2n) is 8.14. The number of pyridine rings is 1. The number of rotatable bonds is 4. The van der Waals surface area contributed by atoms with Gasteiger partial charge in [-0.25, -0.2) is 4.98 Å². The van der Waals surface area contributed by atoms with E-state index in [0.717, 1.165) is 11.8 Å². The van der Waals surface area contributed by atoms with Crippen LogP contribution in [0.25, 0.3) is 0 Å². The van der Waals surface area contributed by atoms with Gasteiger partial charge in [-0.05, 0) is 57.4 Å². The quantitative estimate of drug-likeness (QED) is 0.439. The Labute approximate surface area is 184 Å². The molecule has 0 saturated carbocycles. The molecule has 1 aliphatic heterocycles. The largest absolute Gasteiger partial charge is 0.454 e. The molecule has 0 atom stereocenters. The molecular weight excluding hydrogens is 432 g/mol. The van der Waals surface area contributed by atoms with Crippen molar-refractivity contribution < 1.29 is 23.5 Å². The molecule has 8 heteroatoms. The average Bonchev–Trinajstić information content (AvgIpc) is 2.67. The molecule has 2 heterocycles. The van der Waals surface area contributed by atoms with Crippen molar-refractivity contribution in [2.45, 2.75) is 58.2 Å². The molecule has 160 valence electrons. The van der Waals surface area contributed by atoms with E-state index in [1.54, 1.807) is 45.9 Å². The van der Waals surface area contributed by atoms with Gasteiger partial charge in [-0.3, -0.25) is 9.59 Å². The van der Waals surface area contributed by atoms with Crippen LogP contribution in [0, 0.1) is 5.95 Å². The van der Waals surface area contributed by atoms with Gasteiger partial charge in [0.25, 0.3) is 0 Å². The minimum absolute atomic E-state index is 0.0306. The lowest BCUT2D eigenvalue weighted by Gasteiger charge is -2.43. The zero-order chi connectivity index (χ0) is 22.4. The van der Waals surface area contributed by atoms with Crippen molar-refractivity contribution in [2.24, 2.45) is 0 Å². The van der Waals surface area contributed by atoms with Crippen molar-refractivity contribution in [1.29, 1.82) is 0 Å². The van der Waals surface area contributed by atoms with Crippen LogP contribution in [-0.4, -0.2) is 27.8 Å².